The summed E-state index contributed by atoms with van der Waals surface area (Å²) >= 11 is 0. The van der Waals surface area contributed by atoms with Crippen LogP contribution in [0.25, 0.3) is 0 Å². The Labute approximate surface area is 65.0 Å². The van der Waals surface area contributed by atoms with Crippen LogP contribution in [0.4, 0.5) is 0 Å². The highest BCUT2D eigenvalue weighted by molar-refractivity contribution is 4.73. The summed E-state index contributed by atoms with van der Waals surface area (Å²) in [5.41, 5.74) is 0. The van der Waals surface area contributed by atoms with Gasteiger partial charge < -0.3 is 0 Å². The Kier molecular flexibility index (Phi) is 3.24. The van der Waals surface area contributed by atoms with Crippen LogP contribution in [0.15, 0.2) is 0 Å². The fourth-order valence-corrected chi connectivity index (χ4v) is 2.22. The van der Waals surface area contributed by atoms with Crippen LogP contribution >= 0.6 is 0 Å². The number of hydrogen-bond acceptors (Lipinski definition) is 0. The van der Waals surface area contributed by atoms with Crippen molar-refractivity contribution in [3.05, 3.63) is 0 Å². The Balaban J connectivity index is 2.15. The van der Waals surface area contributed by atoms with Crippen molar-refractivity contribution in [2.45, 2.75) is 52.4 Å². The third kappa shape index (κ3) is 2.00. The van der Waals surface area contributed by atoms with Gasteiger partial charge in [0.15, 0.2) is 0 Å². The molecular weight excluding hydrogens is 120 g/mol. The minimum atomic E-state index is 1.08. The van der Waals surface area contributed by atoms with Crippen LogP contribution in [0.5, 0.6) is 0 Å². The Morgan fingerprint density at radius 1 is 1.10 bits per heavy atom. The minimum absolute atomic E-state index is 1.08. The molecule has 1 aliphatic rings. The molecule has 1 saturated carbocycles. The summed E-state index contributed by atoms with van der Waals surface area (Å²) < 4.78 is 0. The van der Waals surface area contributed by atoms with E-state index in [1.54, 1.807) is 0 Å². The van der Waals surface area contributed by atoms with E-state index >= 15 is 0 Å². The molecule has 0 amide bonds. The molecule has 0 N–H and O–H groups in total. The molecule has 0 aromatic carbocycles. The van der Waals surface area contributed by atoms with Gasteiger partial charge in [-0.1, -0.05) is 46.0 Å². The molecule has 0 heterocycles. The lowest BCUT2D eigenvalue weighted by Gasteiger charge is -2.07. The van der Waals surface area contributed by atoms with E-state index in [1.165, 1.54) is 38.5 Å². The van der Waals surface area contributed by atoms with Crippen molar-refractivity contribution in [1.29, 1.82) is 0 Å². The van der Waals surface area contributed by atoms with Gasteiger partial charge in [0.2, 0.25) is 0 Å². The Morgan fingerprint density at radius 3 is 2.30 bits per heavy atom. The molecule has 1 aliphatic carbocycles. The summed E-state index contributed by atoms with van der Waals surface area (Å²) in [5, 5.41) is 0. The molecule has 1 unspecified atom stereocenters. The first kappa shape index (κ1) is 8.10. The molecule has 0 aromatic rings. The van der Waals surface area contributed by atoms with Crippen LogP contribution in [0.3, 0.4) is 0 Å². The van der Waals surface area contributed by atoms with Crippen molar-refractivity contribution in [1.82, 2.24) is 0 Å². The van der Waals surface area contributed by atoms with Gasteiger partial charge >= 0.3 is 0 Å². The van der Waals surface area contributed by atoms with E-state index in [1.807, 2.05) is 0 Å². The molecule has 0 saturated heterocycles. The van der Waals surface area contributed by atoms with E-state index in [0.717, 1.165) is 11.8 Å². The standard InChI is InChI=1S/C10H20/c1-3-5-10-7-6-9(4-2)8-10/h9-10H,3-8H2,1-2H3/t9?,10-/m0/s1. The smallest absolute Gasteiger partial charge is 0.0412 e. The summed E-state index contributed by atoms with van der Waals surface area (Å²) in [4.78, 5) is 0. The molecule has 0 bridgehead atoms. The van der Waals surface area contributed by atoms with Crippen LogP contribution < -0.4 is 0 Å². The Hall–Kier alpha value is 0. The molecule has 0 aliphatic heterocycles. The van der Waals surface area contributed by atoms with Crippen molar-refractivity contribution < 1.29 is 0 Å². The molecule has 60 valence electrons. The maximum atomic E-state index is 2.33. The molecule has 0 nitrogen and oxygen atoms in total. The van der Waals surface area contributed by atoms with Crippen LogP contribution in [-0.4, -0.2) is 0 Å². The molecule has 10 heavy (non-hydrogen) atoms. The van der Waals surface area contributed by atoms with Gasteiger partial charge in [-0.25, -0.2) is 0 Å². The minimum Gasteiger partial charge on any atom is -0.0654 e. The van der Waals surface area contributed by atoms with Gasteiger partial charge in [0.1, 0.15) is 0 Å². The highest BCUT2D eigenvalue weighted by Crippen LogP contribution is 2.35. The summed E-state index contributed by atoms with van der Waals surface area (Å²) in [6.45, 7) is 4.64. The second-order valence-corrected chi connectivity index (χ2v) is 3.74. The lowest BCUT2D eigenvalue weighted by atomic mass is 9.99. The van der Waals surface area contributed by atoms with E-state index in [-0.39, 0.29) is 0 Å². The fraction of sp³-hybridized carbons (Fsp3) is 1.00. The third-order valence-corrected chi connectivity index (χ3v) is 2.92. The topological polar surface area (TPSA) is 0 Å². The van der Waals surface area contributed by atoms with Crippen LogP contribution in [-0.2, 0) is 0 Å². The zero-order valence-electron chi connectivity index (χ0n) is 7.40. The van der Waals surface area contributed by atoms with Crippen molar-refractivity contribution in [3.63, 3.8) is 0 Å². The van der Waals surface area contributed by atoms with Crippen molar-refractivity contribution in [2.24, 2.45) is 11.8 Å². The highest BCUT2D eigenvalue weighted by atomic mass is 14.3. The lowest BCUT2D eigenvalue weighted by molar-refractivity contribution is 0.453. The molecule has 1 fully saturated rings. The molecule has 0 spiro atoms. The number of hydrogen-bond donors (Lipinski definition) is 0. The predicted molar refractivity (Wildman–Crippen MR) is 46.0 cm³/mol. The zero-order valence-corrected chi connectivity index (χ0v) is 7.40. The van der Waals surface area contributed by atoms with Gasteiger partial charge in [-0.2, -0.15) is 0 Å². The summed E-state index contributed by atoms with van der Waals surface area (Å²) in [6.07, 6.45) is 8.86. The first-order valence-corrected chi connectivity index (χ1v) is 4.86. The first-order valence-electron chi connectivity index (χ1n) is 4.86. The molecule has 1 rings (SSSR count). The third-order valence-electron chi connectivity index (χ3n) is 2.92. The van der Waals surface area contributed by atoms with E-state index in [4.69, 9.17) is 0 Å². The normalized spacial score (nSPS) is 33.0. The van der Waals surface area contributed by atoms with Gasteiger partial charge in [-0.05, 0) is 18.3 Å². The fourth-order valence-electron chi connectivity index (χ4n) is 2.22. The maximum absolute atomic E-state index is 2.33. The monoisotopic (exact) mass is 140 g/mol. The van der Waals surface area contributed by atoms with Gasteiger partial charge in [-0.3, -0.25) is 0 Å². The molecule has 2 atom stereocenters. The predicted octanol–water partition coefficient (Wildman–Crippen LogP) is 3.61. The van der Waals surface area contributed by atoms with Crippen LogP contribution in [0.2, 0.25) is 0 Å². The molecule has 0 radical (unpaired) electrons. The van der Waals surface area contributed by atoms with Crippen molar-refractivity contribution in [3.8, 4) is 0 Å². The summed E-state index contributed by atoms with van der Waals surface area (Å²) in [6, 6.07) is 0. The number of rotatable bonds is 3. The molecular formula is C10H20. The Morgan fingerprint density at radius 2 is 1.80 bits per heavy atom. The SMILES string of the molecule is CCC[C@H]1CCC(CC)C1. The van der Waals surface area contributed by atoms with Crippen molar-refractivity contribution >= 4 is 0 Å². The van der Waals surface area contributed by atoms with E-state index in [0.29, 0.717) is 0 Å². The van der Waals surface area contributed by atoms with E-state index in [2.05, 4.69) is 13.8 Å². The highest BCUT2D eigenvalue weighted by Gasteiger charge is 2.21. The van der Waals surface area contributed by atoms with E-state index < -0.39 is 0 Å². The van der Waals surface area contributed by atoms with Gasteiger partial charge in [0.25, 0.3) is 0 Å². The average Bonchev–Trinajstić information content (AvgIpc) is 2.37. The zero-order chi connectivity index (χ0) is 7.40. The second kappa shape index (κ2) is 4.00. The summed E-state index contributed by atoms with van der Waals surface area (Å²) in [7, 11) is 0. The van der Waals surface area contributed by atoms with Crippen LogP contribution in [0, 0.1) is 11.8 Å². The molecule has 0 aromatic heterocycles. The molecule has 0 heteroatoms. The van der Waals surface area contributed by atoms with Crippen molar-refractivity contribution in [2.75, 3.05) is 0 Å². The van der Waals surface area contributed by atoms with Crippen LogP contribution in [0.1, 0.15) is 52.4 Å². The first-order chi connectivity index (χ1) is 4.86. The summed E-state index contributed by atoms with van der Waals surface area (Å²) in [5.74, 6) is 2.17. The second-order valence-electron chi connectivity index (χ2n) is 3.74. The lowest BCUT2D eigenvalue weighted by Crippen LogP contribution is -1.94. The average molecular weight is 140 g/mol. The maximum Gasteiger partial charge on any atom is -0.0412 e. The largest absolute Gasteiger partial charge is 0.0654 e. The Bertz CT molecular complexity index is 86.0. The van der Waals surface area contributed by atoms with Gasteiger partial charge in [0.05, 0.1) is 0 Å². The van der Waals surface area contributed by atoms with Gasteiger partial charge in [-0.15, -0.1) is 0 Å². The van der Waals surface area contributed by atoms with Gasteiger partial charge in [0, 0.05) is 0 Å². The van der Waals surface area contributed by atoms with E-state index in [9.17, 15) is 0 Å². The quantitative estimate of drug-likeness (QED) is 0.561.